The maximum absolute atomic E-state index is 9.58. The summed E-state index contributed by atoms with van der Waals surface area (Å²) in [5.74, 6) is 0.737. The zero-order valence-electron chi connectivity index (χ0n) is 47.3. The average molecular weight is 1020 g/mol. The van der Waals surface area contributed by atoms with Crippen LogP contribution in [0.3, 0.4) is 0 Å². The predicted molar refractivity (Wildman–Crippen MR) is 254 cm³/mol. The number of hydrogen-bond donors (Lipinski definition) is 0. The maximum Gasteiger partial charge on any atom is 0.268 e. The molecule has 0 bridgehead atoms. The third-order valence-electron chi connectivity index (χ3n) is 11.1. The summed E-state index contributed by atoms with van der Waals surface area (Å²) < 4.78 is 126. The SMILES string of the molecule is [2H]c1nc(-n2c3[c-]c(Oc4[c-]c(-n5[c-][n+](-c6c(-c7c([2H])c([2H])c([2H])c([2H])c7[2H])cccc6-c6c([2H])c([2H])c([2H])c([2H])c6[2H])c6ccccc65)ccc4)ccc3c3ccccc32)c([2H])c(CC(C)(C)c2ccccc2)c1[2H].[Pt]. The van der Waals surface area contributed by atoms with Crippen LogP contribution in [0.5, 0.6) is 11.5 Å². The van der Waals surface area contributed by atoms with Crippen LogP contribution in [0, 0.1) is 18.5 Å². The summed E-state index contributed by atoms with van der Waals surface area (Å²) in [5, 5.41) is 1.65. The van der Waals surface area contributed by atoms with E-state index in [4.69, 9.17) is 21.2 Å². The van der Waals surface area contributed by atoms with Crippen molar-refractivity contribution in [1.29, 1.82) is 0 Å². The first-order valence-corrected chi connectivity index (χ1v) is 20.3. The van der Waals surface area contributed by atoms with Crippen LogP contribution in [0.1, 0.15) is 42.8 Å². The molecule has 0 radical (unpaired) electrons. The summed E-state index contributed by atoms with van der Waals surface area (Å²) in [5.41, 5.74) is 3.71. The molecule has 3 aromatic heterocycles. The number of hydrogen-bond acceptors (Lipinski definition) is 2. The largest absolute Gasteiger partial charge is 0.510 e. The van der Waals surface area contributed by atoms with Crippen LogP contribution in [0.15, 0.2) is 206 Å². The van der Waals surface area contributed by atoms with Crippen LogP contribution in [-0.4, -0.2) is 14.1 Å². The molecular formula is C58H42N4OPt-2. The van der Waals surface area contributed by atoms with Crippen LogP contribution in [-0.2, 0) is 32.9 Å². The number of rotatable bonds is 10. The van der Waals surface area contributed by atoms with Crippen molar-refractivity contribution in [1.82, 2.24) is 14.1 Å². The number of ether oxygens (including phenoxy) is 1. The van der Waals surface area contributed by atoms with Crippen molar-refractivity contribution < 1.29 is 48.2 Å². The van der Waals surface area contributed by atoms with Crippen molar-refractivity contribution in [2.24, 2.45) is 0 Å². The molecule has 0 saturated carbocycles. The van der Waals surface area contributed by atoms with Gasteiger partial charge in [-0.15, -0.1) is 29.7 Å². The molecule has 0 atom stereocenters. The molecule has 0 aliphatic carbocycles. The third-order valence-corrected chi connectivity index (χ3v) is 11.1. The van der Waals surface area contributed by atoms with Gasteiger partial charge in [0.05, 0.1) is 34.5 Å². The molecular weight excluding hydrogens is 964 g/mol. The number of fused-ring (bicyclic) bond motifs is 4. The van der Waals surface area contributed by atoms with E-state index >= 15 is 0 Å². The summed E-state index contributed by atoms with van der Waals surface area (Å²) in [7, 11) is 0. The molecule has 11 aromatic rings. The Labute approximate surface area is 406 Å². The normalized spacial score (nSPS) is 14.4. The smallest absolute Gasteiger partial charge is 0.268 e. The summed E-state index contributed by atoms with van der Waals surface area (Å²) in [6.07, 6.45) is 3.43. The minimum absolute atomic E-state index is 0. The molecule has 8 aromatic carbocycles. The van der Waals surface area contributed by atoms with Gasteiger partial charge in [-0.05, 0) is 74.4 Å². The minimum Gasteiger partial charge on any atom is -0.510 e. The van der Waals surface area contributed by atoms with Crippen molar-refractivity contribution in [3.8, 4) is 50.9 Å². The molecule has 11 rings (SSSR count). The van der Waals surface area contributed by atoms with Gasteiger partial charge in [-0.1, -0.05) is 171 Å². The van der Waals surface area contributed by atoms with E-state index in [0.717, 1.165) is 21.9 Å². The summed E-state index contributed by atoms with van der Waals surface area (Å²) in [6, 6.07) is 39.5. The van der Waals surface area contributed by atoms with Gasteiger partial charge in [0.2, 0.25) is 0 Å². The van der Waals surface area contributed by atoms with Gasteiger partial charge in [0, 0.05) is 44.3 Å². The Balaban J connectivity index is 0.00000672. The molecule has 0 aliphatic heterocycles. The fourth-order valence-electron chi connectivity index (χ4n) is 8.23. The van der Waals surface area contributed by atoms with Crippen molar-refractivity contribution in [2.75, 3.05) is 0 Å². The van der Waals surface area contributed by atoms with Gasteiger partial charge < -0.3 is 13.9 Å². The monoisotopic (exact) mass is 1020 g/mol. The van der Waals surface area contributed by atoms with E-state index in [-0.39, 0.29) is 84.6 Å². The molecule has 5 nitrogen and oxygen atoms in total. The van der Waals surface area contributed by atoms with Gasteiger partial charge in [-0.2, -0.15) is 18.2 Å². The molecule has 64 heavy (non-hydrogen) atoms. The molecule has 0 amide bonds. The van der Waals surface area contributed by atoms with E-state index in [1.807, 2.05) is 72.8 Å². The third kappa shape index (κ3) is 7.52. The first-order valence-electron chi connectivity index (χ1n) is 26.8. The molecule has 0 spiro atoms. The fourth-order valence-corrected chi connectivity index (χ4v) is 8.23. The van der Waals surface area contributed by atoms with Gasteiger partial charge in [-0.25, -0.2) is 4.98 Å². The zero-order valence-corrected chi connectivity index (χ0v) is 36.6. The Hall–Kier alpha value is -7.33. The Kier molecular flexibility index (Phi) is 7.58. The topological polar surface area (TPSA) is 35.9 Å². The number of nitrogens with zero attached hydrogens (tertiary/aromatic N) is 4. The van der Waals surface area contributed by atoms with Gasteiger partial charge in [0.15, 0.2) is 0 Å². The predicted octanol–water partition coefficient (Wildman–Crippen LogP) is 13.4. The quantitative estimate of drug-likeness (QED) is 0.101. The first kappa shape index (κ1) is 28.4. The summed E-state index contributed by atoms with van der Waals surface area (Å²) in [6.45, 7) is 4.11. The molecule has 3 heterocycles. The maximum atomic E-state index is 9.58. The van der Waals surface area contributed by atoms with Crippen molar-refractivity contribution in [2.45, 2.75) is 25.7 Å². The Morgan fingerprint density at radius 3 is 2.05 bits per heavy atom. The van der Waals surface area contributed by atoms with E-state index in [1.165, 1.54) is 0 Å². The number of para-hydroxylation sites is 4. The average Bonchev–Trinajstić information content (AvgIpc) is 4.08. The molecule has 312 valence electrons. The number of aromatic nitrogens is 4. The van der Waals surface area contributed by atoms with Crippen LogP contribution in [0.4, 0.5) is 0 Å². The van der Waals surface area contributed by atoms with E-state index in [1.54, 1.807) is 68.3 Å². The van der Waals surface area contributed by atoms with Crippen molar-refractivity contribution in [3.63, 3.8) is 0 Å². The molecule has 0 aliphatic rings. The second kappa shape index (κ2) is 17.1. The standard InChI is InChI=1S/C58H42N4O.Pt/c1-58(2,44-22-10-5-11-23-44)39-41-34-35-59-56(36-41)62-52-29-13-12-26-50(52)51-33-32-47(38-55(51)62)63-46-25-16-24-45(37-46)60-40-61(54-31-15-14-30-53(54)60)57-48(42-18-6-3-7-19-42)27-17-28-49(57)43-20-8-4-9-21-43;/h3-36H,39H2,1-2H3;/q-2;/i3D,4D,6D,7D,8D,9D,18D,19D,20D,21D,34D,35D,36D;. The molecule has 0 N–H and O–H groups in total. The van der Waals surface area contributed by atoms with Crippen LogP contribution in [0.25, 0.3) is 72.3 Å². The second-order valence-electron chi connectivity index (χ2n) is 15.6. The van der Waals surface area contributed by atoms with Gasteiger partial charge in [-0.3, -0.25) is 4.57 Å². The minimum atomic E-state index is -0.593. The van der Waals surface area contributed by atoms with Gasteiger partial charge >= 0.3 is 0 Å². The van der Waals surface area contributed by atoms with E-state index < -0.39 is 65.8 Å². The Morgan fingerprint density at radius 1 is 0.641 bits per heavy atom. The van der Waals surface area contributed by atoms with Crippen molar-refractivity contribution >= 4 is 32.8 Å². The van der Waals surface area contributed by atoms with Gasteiger partial charge in [0.25, 0.3) is 6.33 Å². The van der Waals surface area contributed by atoms with Crippen LogP contribution >= 0.6 is 0 Å². The van der Waals surface area contributed by atoms with Gasteiger partial charge in [0.1, 0.15) is 5.82 Å². The molecule has 0 saturated heterocycles. The van der Waals surface area contributed by atoms with E-state index in [2.05, 4.69) is 37.3 Å². The summed E-state index contributed by atoms with van der Waals surface area (Å²) in [4.78, 5) is 4.56. The Morgan fingerprint density at radius 2 is 1.30 bits per heavy atom. The molecule has 6 heteroatoms. The van der Waals surface area contributed by atoms with Crippen molar-refractivity contribution in [3.05, 3.63) is 236 Å². The molecule has 0 unspecified atom stereocenters. The first-order chi connectivity index (χ1) is 36.4. The second-order valence-corrected chi connectivity index (χ2v) is 15.6. The number of imidazole rings is 1. The van der Waals surface area contributed by atoms with E-state index in [9.17, 15) is 1.37 Å². The van der Waals surface area contributed by atoms with E-state index in [0.29, 0.717) is 34.2 Å². The number of benzene rings is 8. The van der Waals surface area contributed by atoms with Crippen LogP contribution in [0.2, 0.25) is 0 Å². The zero-order chi connectivity index (χ0) is 53.6. The van der Waals surface area contributed by atoms with Crippen LogP contribution < -0.4 is 9.30 Å². The Bertz CT molecular complexity index is 4070. The fraction of sp³-hybridized carbons (Fsp3) is 0.0690. The molecule has 0 fully saturated rings. The summed E-state index contributed by atoms with van der Waals surface area (Å²) >= 11 is 0. The number of pyridine rings is 1.